The van der Waals surface area contributed by atoms with E-state index in [1.807, 2.05) is 13.8 Å². The van der Waals surface area contributed by atoms with E-state index < -0.39 is 29.9 Å². The molecule has 0 saturated carbocycles. The lowest BCUT2D eigenvalue weighted by molar-refractivity contribution is -0.136. The highest BCUT2D eigenvalue weighted by atomic mass is 16.2. The lowest BCUT2D eigenvalue weighted by Gasteiger charge is -2.25. The number of carbonyl (C=O) groups is 5. The molecule has 0 aromatic heterocycles. The van der Waals surface area contributed by atoms with Crippen LogP contribution in [0, 0.1) is 0 Å². The summed E-state index contributed by atoms with van der Waals surface area (Å²) in [5.41, 5.74) is 7.95. The number of nitrogens with two attached hydrogens (primary N) is 1. The minimum atomic E-state index is -0.956. The van der Waals surface area contributed by atoms with Crippen LogP contribution in [0.5, 0.6) is 0 Å². The molecule has 0 bridgehead atoms. The molecule has 1 rings (SSSR count). The Kier molecular flexibility index (Phi) is 11.9. The van der Waals surface area contributed by atoms with Crippen molar-refractivity contribution >= 4 is 29.5 Å². The number of amides is 5. The van der Waals surface area contributed by atoms with Gasteiger partial charge in [-0.2, -0.15) is 0 Å². The summed E-state index contributed by atoms with van der Waals surface area (Å²) >= 11 is 0. The summed E-state index contributed by atoms with van der Waals surface area (Å²) in [6.07, 6.45) is 5.21. The molecule has 5 amide bonds. The average molecular weight is 490 g/mol. The highest BCUT2D eigenvalue weighted by Crippen LogP contribution is 2.20. The van der Waals surface area contributed by atoms with Crippen LogP contribution in [0.15, 0.2) is 34.9 Å². The molecule has 1 aliphatic rings. The summed E-state index contributed by atoms with van der Waals surface area (Å²) in [6.45, 7) is 11.2. The number of primary amides is 1. The van der Waals surface area contributed by atoms with Crippen molar-refractivity contribution in [1.82, 2.24) is 20.9 Å². The Morgan fingerprint density at radius 2 is 1.49 bits per heavy atom. The normalized spacial score (nSPS) is 17.5. The van der Waals surface area contributed by atoms with Gasteiger partial charge in [-0.25, -0.2) is 0 Å². The van der Waals surface area contributed by atoms with E-state index in [1.54, 1.807) is 27.7 Å². The van der Waals surface area contributed by atoms with E-state index in [2.05, 4.69) is 16.0 Å². The van der Waals surface area contributed by atoms with Gasteiger partial charge >= 0.3 is 0 Å². The second-order valence-corrected chi connectivity index (χ2v) is 9.51. The van der Waals surface area contributed by atoms with Gasteiger partial charge in [0.2, 0.25) is 29.5 Å². The van der Waals surface area contributed by atoms with E-state index in [0.29, 0.717) is 13.0 Å². The van der Waals surface area contributed by atoms with E-state index in [1.165, 1.54) is 23.1 Å². The molecule has 10 nitrogen and oxygen atoms in total. The fourth-order valence-electron chi connectivity index (χ4n) is 3.65. The fraction of sp³-hybridized carbons (Fsp3) is 0.560. The van der Waals surface area contributed by atoms with Crippen molar-refractivity contribution in [3.63, 3.8) is 0 Å². The van der Waals surface area contributed by atoms with E-state index in [0.717, 1.165) is 16.7 Å². The van der Waals surface area contributed by atoms with Crippen molar-refractivity contribution in [1.29, 1.82) is 0 Å². The molecule has 5 N–H and O–H groups in total. The number of hydrogen-bond donors (Lipinski definition) is 4. The lowest BCUT2D eigenvalue weighted by Crippen LogP contribution is -2.52. The second-order valence-electron chi connectivity index (χ2n) is 9.51. The minimum absolute atomic E-state index is 0.167. The van der Waals surface area contributed by atoms with Crippen molar-refractivity contribution in [2.45, 2.75) is 78.9 Å². The second kappa shape index (κ2) is 14.1. The Labute approximate surface area is 207 Å². The molecule has 1 saturated heterocycles. The standard InChI is InChI=1S/C25H39N5O5/c1-15(2)10-21(31)27-9-7-8-19(24(26)34)29-25(35)20-13-18(28-22(32)11-16(3)4)14-30(20)23(33)12-17(5)6/h10-12,18-20H,7-9,13-14H2,1-6H3,(H2,26,34)(H,27,31)(H,28,32)(H,29,35). The van der Waals surface area contributed by atoms with Crippen molar-refractivity contribution in [2.75, 3.05) is 13.1 Å². The molecule has 0 aromatic rings. The van der Waals surface area contributed by atoms with Gasteiger partial charge in [-0.05, 0) is 60.8 Å². The van der Waals surface area contributed by atoms with Gasteiger partial charge in [-0.3, -0.25) is 24.0 Å². The topological polar surface area (TPSA) is 151 Å². The zero-order valence-electron chi connectivity index (χ0n) is 21.6. The summed E-state index contributed by atoms with van der Waals surface area (Å²) in [5, 5.41) is 8.18. The van der Waals surface area contributed by atoms with Crippen LogP contribution in [-0.2, 0) is 24.0 Å². The van der Waals surface area contributed by atoms with Gasteiger partial charge < -0.3 is 26.6 Å². The third-order valence-electron chi connectivity index (χ3n) is 5.11. The molecule has 1 aliphatic heterocycles. The van der Waals surface area contributed by atoms with Crippen LogP contribution in [0.3, 0.4) is 0 Å². The maximum Gasteiger partial charge on any atom is 0.247 e. The summed E-state index contributed by atoms with van der Waals surface area (Å²) in [4.78, 5) is 63.1. The first-order valence-corrected chi connectivity index (χ1v) is 11.7. The van der Waals surface area contributed by atoms with Crippen molar-refractivity contribution in [3.05, 3.63) is 34.9 Å². The van der Waals surface area contributed by atoms with Crippen LogP contribution in [0.4, 0.5) is 0 Å². The predicted octanol–water partition coefficient (Wildman–Crippen LogP) is 0.837. The van der Waals surface area contributed by atoms with E-state index in [-0.39, 0.29) is 37.1 Å². The van der Waals surface area contributed by atoms with Gasteiger partial charge in [0.25, 0.3) is 0 Å². The molecule has 0 aliphatic carbocycles. The van der Waals surface area contributed by atoms with Gasteiger partial charge in [0.15, 0.2) is 0 Å². The number of carbonyl (C=O) groups excluding carboxylic acids is 5. The van der Waals surface area contributed by atoms with Gasteiger partial charge in [-0.1, -0.05) is 16.7 Å². The third-order valence-corrected chi connectivity index (χ3v) is 5.11. The smallest absolute Gasteiger partial charge is 0.247 e. The van der Waals surface area contributed by atoms with Crippen molar-refractivity contribution in [3.8, 4) is 0 Å². The van der Waals surface area contributed by atoms with Crippen LogP contribution in [0.1, 0.15) is 60.8 Å². The first-order chi connectivity index (χ1) is 16.3. The maximum atomic E-state index is 13.1. The van der Waals surface area contributed by atoms with Crippen LogP contribution in [-0.4, -0.2) is 65.7 Å². The predicted molar refractivity (Wildman–Crippen MR) is 134 cm³/mol. The van der Waals surface area contributed by atoms with Crippen molar-refractivity contribution < 1.29 is 24.0 Å². The van der Waals surface area contributed by atoms with Gasteiger partial charge in [0.05, 0.1) is 0 Å². The number of rotatable bonds is 11. The zero-order valence-corrected chi connectivity index (χ0v) is 21.6. The molecule has 0 radical (unpaired) electrons. The van der Waals surface area contributed by atoms with Gasteiger partial charge in [-0.15, -0.1) is 0 Å². The first kappa shape index (κ1) is 29.6. The quantitative estimate of drug-likeness (QED) is 0.250. The highest BCUT2D eigenvalue weighted by Gasteiger charge is 2.40. The van der Waals surface area contributed by atoms with E-state index in [9.17, 15) is 24.0 Å². The molecular weight excluding hydrogens is 450 g/mol. The summed E-state index contributed by atoms with van der Waals surface area (Å²) in [7, 11) is 0. The fourth-order valence-corrected chi connectivity index (χ4v) is 3.65. The van der Waals surface area contributed by atoms with Crippen molar-refractivity contribution in [2.24, 2.45) is 5.73 Å². The van der Waals surface area contributed by atoms with E-state index >= 15 is 0 Å². The molecule has 3 atom stereocenters. The zero-order chi connectivity index (χ0) is 26.7. The van der Waals surface area contributed by atoms with Crippen LogP contribution >= 0.6 is 0 Å². The minimum Gasteiger partial charge on any atom is -0.368 e. The van der Waals surface area contributed by atoms with Crippen LogP contribution in [0.25, 0.3) is 0 Å². The number of allylic oxidation sites excluding steroid dienone is 3. The average Bonchev–Trinajstić information content (AvgIpc) is 3.12. The molecule has 10 heteroatoms. The Balaban J connectivity index is 2.87. The molecule has 0 aromatic carbocycles. The molecule has 194 valence electrons. The molecular formula is C25H39N5O5. The number of hydrogen-bond acceptors (Lipinski definition) is 5. The summed E-state index contributed by atoms with van der Waals surface area (Å²) in [5.74, 6) is -2.10. The molecule has 35 heavy (non-hydrogen) atoms. The molecule has 0 spiro atoms. The molecule has 3 unspecified atom stereocenters. The van der Waals surface area contributed by atoms with Gasteiger partial charge in [0, 0.05) is 37.4 Å². The third kappa shape index (κ3) is 11.0. The summed E-state index contributed by atoms with van der Waals surface area (Å²) in [6, 6.07) is -2.24. The largest absolute Gasteiger partial charge is 0.368 e. The van der Waals surface area contributed by atoms with Crippen LogP contribution < -0.4 is 21.7 Å². The monoisotopic (exact) mass is 489 g/mol. The van der Waals surface area contributed by atoms with Crippen LogP contribution in [0.2, 0.25) is 0 Å². The Bertz CT molecular complexity index is 909. The number of likely N-dealkylation sites (tertiary alicyclic amines) is 1. The number of nitrogens with one attached hydrogen (secondary N) is 3. The molecule has 1 heterocycles. The molecule has 1 fully saturated rings. The Morgan fingerprint density at radius 3 is 2.03 bits per heavy atom. The first-order valence-electron chi connectivity index (χ1n) is 11.7. The number of nitrogens with zero attached hydrogens (tertiary/aromatic N) is 1. The lowest BCUT2D eigenvalue weighted by atomic mass is 10.1. The Morgan fingerprint density at radius 1 is 0.914 bits per heavy atom. The van der Waals surface area contributed by atoms with E-state index in [4.69, 9.17) is 5.73 Å². The Hall–Kier alpha value is -3.43. The van der Waals surface area contributed by atoms with Gasteiger partial charge in [0.1, 0.15) is 12.1 Å². The highest BCUT2D eigenvalue weighted by molar-refractivity contribution is 5.96. The maximum absolute atomic E-state index is 13.1. The summed E-state index contributed by atoms with van der Waals surface area (Å²) < 4.78 is 0. The SMILES string of the molecule is CC(C)=CC(=O)NCCCC(NC(=O)C1CC(NC(=O)C=C(C)C)CN1C(=O)C=C(C)C)C(N)=O.